The molecule has 0 spiro atoms. The number of rotatable bonds is 9. The standard InChI is InChI=1S/C25H25Cl2N7O3S/c1-34-22-6-5-14(26)10-21(22)33-25(34)19(7-9-31-38(2,36)37)32-24-16-11-17(27)15(12-20(16)29-13-30-24)23(35)18-4-3-8-28-18/h3-6,10-13,18-19,28,31H,7-9H2,1-2H3,(H,29,30,32)/t18?,19-/m0/s1. The summed E-state index contributed by atoms with van der Waals surface area (Å²) in [7, 11) is -1.50. The van der Waals surface area contributed by atoms with Gasteiger partial charge in [-0.2, -0.15) is 0 Å². The van der Waals surface area contributed by atoms with Gasteiger partial charge < -0.3 is 15.2 Å². The summed E-state index contributed by atoms with van der Waals surface area (Å²) >= 11 is 12.7. The molecule has 0 radical (unpaired) electrons. The number of benzene rings is 2. The summed E-state index contributed by atoms with van der Waals surface area (Å²) < 4.78 is 27.9. The smallest absolute Gasteiger partial charge is 0.208 e. The molecule has 0 bridgehead atoms. The Hall–Kier alpha value is -3.09. The fraction of sp³-hybridized carbons (Fsp3) is 0.280. The first-order chi connectivity index (χ1) is 18.1. The number of fused-ring (bicyclic) bond motifs is 2. The van der Waals surface area contributed by atoms with Crippen molar-refractivity contribution >= 4 is 66.8 Å². The first-order valence-corrected chi connectivity index (χ1v) is 14.5. The van der Waals surface area contributed by atoms with Crippen molar-refractivity contribution in [3.63, 3.8) is 0 Å². The molecule has 1 aliphatic rings. The number of nitrogens with zero attached hydrogens (tertiary/aromatic N) is 4. The lowest BCUT2D eigenvalue weighted by molar-refractivity contribution is 0.0968. The zero-order chi connectivity index (χ0) is 27.0. The summed E-state index contributed by atoms with van der Waals surface area (Å²) in [6, 6.07) is 7.92. The average Bonchev–Trinajstić information content (AvgIpc) is 3.50. The Kier molecular flexibility index (Phi) is 7.38. The second kappa shape index (κ2) is 10.6. The van der Waals surface area contributed by atoms with Crippen LogP contribution in [0.2, 0.25) is 10.0 Å². The lowest BCUT2D eigenvalue weighted by Gasteiger charge is -2.20. The van der Waals surface area contributed by atoms with E-state index in [0.717, 1.165) is 11.8 Å². The molecular formula is C25H25Cl2N7O3S. The maximum Gasteiger partial charge on any atom is 0.208 e. The molecule has 2 aromatic carbocycles. The van der Waals surface area contributed by atoms with Crippen LogP contribution in [0.4, 0.5) is 5.82 Å². The van der Waals surface area contributed by atoms with Gasteiger partial charge in [-0.25, -0.2) is 28.1 Å². The highest BCUT2D eigenvalue weighted by Gasteiger charge is 2.24. The zero-order valence-corrected chi connectivity index (χ0v) is 22.9. The number of anilines is 1. The molecule has 0 amide bonds. The molecule has 2 aromatic heterocycles. The minimum atomic E-state index is -3.38. The molecule has 0 saturated heterocycles. The van der Waals surface area contributed by atoms with Crippen LogP contribution in [0.3, 0.4) is 0 Å². The summed E-state index contributed by atoms with van der Waals surface area (Å²) in [4.78, 5) is 26.5. The average molecular weight is 574 g/mol. The van der Waals surface area contributed by atoms with E-state index in [1.165, 1.54) is 6.33 Å². The normalized spacial score (nSPS) is 16.4. The van der Waals surface area contributed by atoms with Gasteiger partial charge in [-0.15, -0.1) is 0 Å². The molecule has 3 heterocycles. The molecule has 2 atom stereocenters. The van der Waals surface area contributed by atoms with Crippen LogP contribution in [0.25, 0.3) is 21.9 Å². The largest absolute Gasteiger partial charge is 0.359 e. The molecule has 198 valence electrons. The number of aromatic nitrogens is 4. The first kappa shape index (κ1) is 26.5. The van der Waals surface area contributed by atoms with Crippen molar-refractivity contribution in [1.29, 1.82) is 0 Å². The van der Waals surface area contributed by atoms with Gasteiger partial charge >= 0.3 is 0 Å². The molecule has 38 heavy (non-hydrogen) atoms. The maximum atomic E-state index is 13.0. The van der Waals surface area contributed by atoms with Crippen molar-refractivity contribution in [2.75, 3.05) is 24.7 Å². The Morgan fingerprint density at radius 3 is 2.76 bits per heavy atom. The number of imidazole rings is 1. The van der Waals surface area contributed by atoms with E-state index in [4.69, 9.17) is 28.2 Å². The lowest BCUT2D eigenvalue weighted by atomic mass is 10.0. The molecule has 3 N–H and O–H groups in total. The predicted octanol–water partition coefficient (Wildman–Crippen LogP) is 3.63. The SMILES string of the molecule is Cn1c([C@H](CCNS(C)(=O)=O)Nc2ncnc3cc(C(=O)C4C=CCN4)c(Cl)cc23)nc2cc(Cl)ccc21. The molecular weight excluding hydrogens is 549 g/mol. The molecule has 1 unspecified atom stereocenters. The Morgan fingerprint density at radius 1 is 1.21 bits per heavy atom. The molecule has 10 nitrogen and oxygen atoms in total. The second-order valence-electron chi connectivity index (χ2n) is 9.06. The Bertz CT molecular complexity index is 1690. The number of hydrogen-bond acceptors (Lipinski definition) is 8. The summed E-state index contributed by atoms with van der Waals surface area (Å²) in [6.45, 7) is 0.798. The van der Waals surface area contributed by atoms with E-state index in [1.807, 2.05) is 29.8 Å². The van der Waals surface area contributed by atoms with Gasteiger partial charge in [0.05, 0.1) is 39.9 Å². The topological polar surface area (TPSA) is 131 Å². The molecule has 5 rings (SSSR count). The van der Waals surface area contributed by atoms with Crippen molar-refractivity contribution in [3.8, 4) is 0 Å². The summed E-state index contributed by atoms with van der Waals surface area (Å²) in [5.41, 5.74) is 2.50. The van der Waals surface area contributed by atoms with Crippen molar-refractivity contribution in [2.45, 2.75) is 18.5 Å². The highest BCUT2D eigenvalue weighted by molar-refractivity contribution is 7.88. The van der Waals surface area contributed by atoms with E-state index in [-0.39, 0.29) is 17.4 Å². The van der Waals surface area contributed by atoms with Crippen LogP contribution in [0.5, 0.6) is 0 Å². The number of ketones is 1. The number of carbonyl (C=O) groups is 1. The highest BCUT2D eigenvalue weighted by Crippen LogP contribution is 2.32. The molecule has 0 saturated carbocycles. The zero-order valence-electron chi connectivity index (χ0n) is 20.6. The van der Waals surface area contributed by atoms with E-state index in [0.29, 0.717) is 51.6 Å². The summed E-state index contributed by atoms with van der Waals surface area (Å²) in [5.74, 6) is 1.01. The number of hydrogen-bond donors (Lipinski definition) is 3. The van der Waals surface area contributed by atoms with Gasteiger partial charge in [0, 0.05) is 36.1 Å². The van der Waals surface area contributed by atoms with Gasteiger partial charge in [-0.05, 0) is 36.8 Å². The number of aryl methyl sites for hydroxylation is 1. The molecule has 13 heteroatoms. The van der Waals surface area contributed by atoms with Crippen LogP contribution in [0.15, 0.2) is 48.8 Å². The van der Waals surface area contributed by atoms with E-state index >= 15 is 0 Å². The predicted molar refractivity (Wildman–Crippen MR) is 149 cm³/mol. The minimum Gasteiger partial charge on any atom is -0.359 e. The second-order valence-corrected chi connectivity index (χ2v) is 11.7. The third kappa shape index (κ3) is 5.52. The fourth-order valence-electron chi connectivity index (χ4n) is 4.52. The van der Waals surface area contributed by atoms with Crippen LogP contribution in [0.1, 0.15) is 28.6 Å². The first-order valence-electron chi connectivity index (χ1n) is 11.8. The van der Waals surface area contributed by atoms with Crippen molar-refractivity contribution in [1.82, 2.24) is 29.6 Å². The van der Waals surface area contributed by atoms with Crippen LogP contribution in [-0.2, 0) is 17.1 Å². The van der Waals surface area contributed by atoms with Crippen LogP contribution in [0, 0.1) is 0 Å². The molecule has 0 aliphatic carbocycles. The number of sulfonamides is 1. The number of nitrogens with one attached hydrogen (secondary N) is 3. The quantitative estimate of drug-likeness (QED) is 0.204. The number of carbonyl (C=O) groups excluding carboxylic acids is 1. The van der Waals surface area contributed by atoms with Crippen molar-refractivity contribution in [3.05, 3.63) is 70.2 Å². The highest BCUT2D eigenvalue weighted by atomic mass is 35.5. The van der Waals surface area contributed by atoms with Crippen molar-refractivity contribution in [2.24, 2.45) is 7.05 Å². The summed E-state index contributed by atoms with van der Waals surface area (Å²) in [6.07, 6.45) is 6.60. The number of halogens is 2. The molecule has 1 aliphatic heterocycles. The minimum absolute atomic E-state index is 0.137. The van der Waals surface area contributed by atoms with Gasteiger partial charge in [-0.1, -0.05) is 35.4 Å². The van der Waals surface area contributed by atoms with Crippen molar-refractivity contribution < 1.29 is 13.2 Å². The fourth-order valence-corrected chi connectivity index (χ4v) is 5.43. The monoisotopic (exact) mass is 573 g/mol. The van der Waals surface area contributed by atoms with E-state index < -0.39 is 22.1 Å². The maximum absolute atomic E-state index is 13.0. The Balaban J connectivity index is 1.52. The van der Waals surface area contributed by atoms with Crippen LogP contribution in [-0.4, -0.2) is 59.1 Å². The number of Topliss-reactive ketones (excluding diaryl/α,β-unsaturated/α-hetero) is 1. The Morgan fingerprint density at radius 2 is 2.03 bits per heavy atom. The Labute approximate surface area is 229 Å². The van der Waals surface area contributed by atoms with Crippen LogP contribution < -0.4 is 15.4 Å². The van der Waals surface area contributed by atoms with Crippen LogP contribution >= 0.6 is 23.2 Å². The molecule has 0 fully saturated rings. The van der Waals surface area contributed by atoms with Gasteiger partial charge in [0.1, 0.15) is 18.0 Å². The van der Waals surface area contributed by atoms with E-state index in [2.05, 4.69) is 25.3 Å². The third-order valence-corrected chi connectivity index (χ3v) is 7.63. The third-order valence-electron chi connectivity index (χ3n) is 6.35. The van der Waals surface area contributed by atoms with Gasteiger partial charge in [0.25, 0.3) is 0 Å². The van der Waals surface area contributed by atoms with Gasteiger partial charge in [0.15, 0.2) is 5.78 Å². The van der Waals surface area contributed by atoms with E-state index in [1.54, 1.807) is 24.3 Å². The summed E-state index contributed by atoms with van der Waals surface area (Å²) in [5, 5.41) is 7.98. The molecule has 4 aromatic rings. The van der Waals surface area contributed by atoms with Gasteiger partial charge in [0.2, 0.25) is 10.0 Å². The van der Waals surface area contributed by atoms with Gasteiger partial charge in [-0.3, -0.25) is 4.79 Å². The van der Waals surface area contributed by atoms with E-state index in [9.17, 15) is 13.2 Å². The lowest BCUT2D eigenvalue weighted by Crippen LogP contribution is -2.31.